The van der Waals surface area contributed by atoms with Crippen molar-refractivity contribution < 1.29 is 14.3 Å². The van der Waals surface area contributed by atoms with E-state index in [9.17, 15) is 4.79 Å². The minimum Gasteiger partial charge on any atom is -0.462 e. The number of hydrogen-bond donors (Lipinski definition) is 1. The monoisotopic (exact) mass is 201 g/mol. The molecule has 0 aromatic heterocycles. The second-order valence-corrected chi connectivity index (χ2v) is 4.55. The van der Waals surface area contributed by atoms with Gasteiger partial charge < -0.3 is 14.8 Å². The number of rotatable bonds is 2. The fourth-order valence-corrected chi connectivity index (χ4v) is 1.11. The Balaban J connectivity index is 2.22. The average Bonchev–Trinajstić information content (AvgIpc) is 2.14. The Bertz CT molecular complexity index is 192. The summed E-state index contributed by atoms with van der Waals surface area (Å²) in [6.07, 6.45) is 0.00931. The van der Waals surface area contributed by atoms with E-state index in [0.717, 1.165) is 13.1 Å². The van der Waals surface area contributed by atoms with Crippen LogP contribution in [-0.4, -0.2) is 38.4 Å². The van der Waals surface area contributed by atoms with E-state index in [1.165, 1.54) is 0 Å². The quantitative estimate of drug-likeness (QED) is 0.663. The number of morpholine rings is 1. The summed E-state index contributed by atoms with van der Waals surface area (Å²) in [5, 5.41) is 3.18. The summed E-state index contributed by atoms with van der Waals surface area (Å²) in [5.41, 5.74) is -0.428. The van der Waals surface area contributed by atoms with Gasteiger partial charge in [-0.2, -0.15) is 0 Å². The van der Waals surface area contributed by atoms with E-state index in [0.29, 0.717) is 13.2 Å². The molecule has 14 heavy (non-hydrogen) atoms. The molecular weight excluding hydrogens is 182 g/mol. The molecule has 0 aromatic carbocycles. The van der Waals surface area contributed by atoms with Crippen LogP contribution in [0.25, 0.3) is 0 Å². The smallest absolute Gasteiger partial charge is 0.311 e. The summed E-state index contributed by atoms with van der Waals surface area (Å²) in [6.45, 7) is 8.21. The number of ether oxygens (including phenoxy) is 2. The third-order valence-corrected chi connectivity index (χ3v) is 2.02. The van der Waals surface area contributed by atoms with Crippen LogP contribution < -0.4 is 5.32 Å². The van der Waals surface area contributed by atoms with Crippen LogP contribution in [0.15, 0.2) is 0 Å². The highest BCUT2D eigenvalue weighted by Crippen LogP contribution is 2.15. The Kier molecular flexibility index (Phi) is 3.89. The predicted octanol–water partition coefficient (Wildman–Crippen LogP) is 0.564. The second kappa shape index (κ2) is 4.75. The molecule has 0 aliphatic carbocycles. The van der Waals surface area contributed by atoms with Crippen molar-refractivity contribution in [1.29, 1.82) is 0 Å². The summed E-state index contributed by atoms with van der Waals surface area (Å²) in [4.78, 5) is 11.4. The molecule has 82 valence electrons. The summed E-state index contributed by atoms with van der Waals surface area (Å²) in [6, 6.07) is 0. The van der Waals surface area contributed by atoms with Crippen molar-refractivity contribution in [2.24, 2.45) is 5.41 Å². The molecule has 0 aromatic rings. The maximum atomic E-state index is 11.4. The van der Waals surface area contributed by atoms with Gasteiger partial charge in [0.1, 0.15) is 12.7 Å². The number of hydrogen-bond acceptors (Lipinski definition) is 4. The van der Waals surface area contributed by atoms with Gasteiger partial charge in [-0.05, 0) is 20.8 Å². The molecule has 0 bridgehead atoms. The lowest BCUT2D eigenvalue weighted by molar-refractivity contribution is -0.157. The number of carbonyl (C=O) groups is 1. The number of carbonyl (C=O) groups excluding carboxylic acids is 1. The highest BCUT2D eigenvalue weighted by molar-refractivity contribution is 5.75. The van der Waals surface area contributed by atoms with E-state index < -0.39 is 5.41 Å². The molecular formula is C10H19NO3. The second-order valence-electron chi connectivity index (χ2n) is 4.55. The van der Waals surface area contributed by atoms with Crippen LogP contribution in [0.1, 0.15) is 20.8 Å². The third kappa shape index (κ3) is 3.64. The van der Waals surface area contributed by atoms with Gasteiger partial charge in [0, 0.05) is 13.1 Å². The normalized spacial score (nSPS) is 23.2. The molecule has 1 aliphatic heterocycles. The van der Waals surface area contributed by atoms with E-state index in [1.54, 1.807) is 0 Å². The van der Waals surface area contributed by atoms with Crippen molar-refractivity contribution >= 4 is 5.97 Å². The van der Waals surface area contributed by atoms with Gasteiger partial charge in [0.25, 0.3) is 0 Å². The van der Waals surface area contributed by atoms with Crippen molar-refractivity contribution in [3.63, 3.8) is 0 Å². The van der Waals surface area contributed by atoms with Gasteiger partial charge in [-0.1, -0.05) is 0 Å². The molecule has 0 amide bonds. The molecule has 1 saturated heterocycles. The molecule has 4 heteroatoms. The Morgan fingerprint density at radius 2 is 2.29 bits per heavy atom. The molecule has 0 spiro atoms. The largest absolute Gasteiger partial charge is 0.462 e. The zero-order valence-corrected chi connectivity index (χ0v) is 9.13. The highest BCUT2D eigenvalue weighted by Gasteiger charge is 2.24. The van der Waals surface area contributed by atoms with Crippen LogP contribution >= 0.6 is 0 Å². The van der Waals surface area contributed by atoms with Crippen molar-refractivity contribution in [2.75, 3.05) is 26.3 Å². The molecule has 1 heterocycles. The number of esters is 1. The van der Waals surface area contributed by atoms with E-state index in [1.807, 2.05) is 20.8 Å². The molecule has 1 atom stereocenters. The molecule has 1 N–H and O–H groups in total. The van der Waals surface area contributed by atoms with E-state index >= 15 is 0 Å². The topological polar surface area (TPSA) is 47.6 Å². The lowest BCUT2D eigenvalue weighted by Crippen LogP contribution is -2.42. The summed E-state index contributed by atoms with van der Waals surface area (Å²) in [7, 11) is 0. The maximum Gasteiger partial charge on any atom is 0.311 e. The van der Waals surface area contributed by atoms with Crippen molar-refractivity contribution in [2.45, 2.75) is 26.9 Å². The number of nitrogens with one attached hydrogen (secondary N) is 1. The Labute approximate surface area is 85.0 Å². The Morgan fingerprint density at radius 1 is 1.57 bits per heavy atom. The molecule has 4 nitrogen and oxygen atoms in total. The summed E-state index contributed by atoms with van der Waals surface area (Å²) >= 11 is 0. The molecule has 0 radical (unpaired) electrons. The molecule has 1 rings (SSSR count). The fourth-order valence-electron chi connectivity index (χ4n) is 1.11. The van der Waals surface area contributed by atoms with Crippen molar-refractivity contribution in [3.05, 3.63) is 0 Å². The van der Waals surface area contributed by atoms with Crippen LogP contribution in [0, 0.1) is 5.41 Å². The van der Waals surface area contributed by atoms with Crippen LogP contribution in [0.3, 0.4) is 0 Å². The van der Waals surface area contributed by atoms with Gasteiger partial charge in [0.05, 0.1) is 12.0 Å². The highest BCUT2D eigenvalue weighted by atomic mass is 16.6. The SMILES string of the molecule is CC(C)(C)C(=O)OC[C@H]1CNCCO1. The van der Waals surface area contributed by atoms with Gasteiger partial charge >= 0.3 is 5.97 Å². The van der Waals surface area contributed by atoms with Crippen molar-refractivity contribution in [3.8, 4) is 0 Å². The average molecular weight is 201 g/mol. The molecule has 0 unspecified atom stereocenters. The lowest BCUT2D eigenvalue weighted by atomic mass is 9.97. The van der Waals surface area contributed by atoms with Crippen LogP contribution in [0.4, 0.5) is 0 Å². The standard InChI is InChI=1S/C10H19NO3/c1-10(2,3)9(12)14-7-8-6-11-4-5-13-8/h8,11H,4-7H2,1-3H3/t8-/m1/s1. The fraction of sp³-hybridized carbons (Fsp3) is 0.900. The zero-order valence-electron chi connectivity index (χ0n) is 9.13. The van der Waals surface area contributed by atoms with Gasteiger partial charge in [0.2, 0.25) is 0 Å². The van der Waals surface area contributed by atoms with E-state index in [-0.39, 0.29) is 12.1 Å². The van der Waals surface area contributed by atoms with E-state index in [2.05, 4.69) is 5.32 Å². The molecule has 1 fully saturated rings. The minimum absolute atomic E-state index is 0.00931. The molecule has 0 saturated carbocycles. The van der Waals surface area contributed by atoms with Gasteiger partial charge in [-0.25, -0.2) is 0 Å². The van der Waals surface area contributed by atoms with Crippen LogP contribution in [0.5, 0.6) is 0 Å². The summed E-state index contributed by atoms with van der Waals surface area (Å²) < 4.78 is 10.5. The minimum atomic E-state index is -0.428. The zero-order chi connectivity index (χ0) is 10.6. The lowest BCUT2D eigenvalue weighted by Gasteiger charge is -2.25. The van der Waals surface area contributed by atoms with Crippen LogP contribution in [-0.2, 0) is 14.3 Å². The predicted molar refractivity (Wildman–Crippen MR) is 53.0 cm³/mol. The summed E-state index contributed by atoms with van der Waals surface area (Å²) in [5.74, 6) is -0.174. The first-order valence-corrected chi connectivity index (χ1v) is 4.99. The molecule has 1 aliphatic rings. The Morgan fingerprint density at radius 3 is 2.79 bits per heavy atom. The van der Waals surface area contributed by atoms with Gasteiger partial charge in [-0.15, -0.1) is 0 Å². The van der Waals surface area contributed by atoms with Crippen molar-refractivity contribution in [1.82, 2.24) is 5.32 Å². The van der Waals surface area contributed by atoms with Gasteiger partial charge in [-0.3, -0.25) is 4.79 Å². The maximum absolute atomic E-state index is 11.4. The first-order chi connectivity index (χ1) is 6.50. The Hall–Kier alpha value is -0.610. The first-order valence-electron chi connectivity index (χ1n) is 4.99. The first kappa shape index (κ1) is 11.5. The van der Waals surface area contributed by atoms with E-state index in [4.69, 9.17) is 9.47 Å². The third-order valence-electron chi connectivity index (χ3n) is 2.02. The van der Waals surface area contributed by atoms with Gasteiger partial charge in [0.15, 0.2) is 0 Å². The van der Waals surface area contributed by atoms with Crippen LogP contribution in [0.2, 0.25) is 0 Å².